The molecule has 0 radical (unpaired) electrons. The number of methoxy groups -OCH3 is 1. The molecule has 1 saturated heterocycles. The zero-order valence-corrected chi connectivity index (χ0v) is 10.0. The molecule has 1 atom stereocenters. The molecule has 0 aliphatic carbocycles. The lowest BCUT2D eigenvalue weighted by molar-refractivity contribution is -0.141. The number of carbonyl (C=O) groups is 1. The summed E-state index contributed by atoms with van der Waals surface area (Å²) in [7, 11) is 5.64. The molecule has 4 heteroatoms. The summed E-state index contributed by atoms with van der Waals surface area (Å²) in [5.41, 5.74) is 0. The summed E-state index contributed by atoms with van der Waals surface area (Å²) >= 11 is 0. The van der Waals surface area contributed by atoms with Crippen LogP contribution < -0.4 is 0 Å². The van der Waals surface area contributed by atoms with Gasteiger partial charge in [-0.25, -0.2) is 0 Å². The zero-order chi connectivity index (χ0) is 11.3. The Labute approximate surface area is 92.2 Å². The largest absolute Gasteiger partial charge is 0.469 e. The third-order valence-electron chi connectivity index (χ3n) is 2.91. The van der Waals surface area contributed by atoms with Gasteiger partial charge in [0, 0.05) is 19.1 Å². The highest BCUT2D eigenvalue weighted by atomic mass is 16.5. The second-order valence-electron chi connectivity index (χ2n) is 4.42. The van der Waals surface area contributed by atoms with Gasteiger partial charge in [0.15, 0.2) is 0 Å². The molecule has 0 aromatic rings. The van der Waals surface area contributed by atoms with Crippen molar-refractivity contribution in [3.63, 3.8) is 0 Å². The first-order valence-corrected chi connectivity index (χ1v) is 5.59. The van der Waals surface area contributed by atoms with Crippen LogP contribution in [0.3, 0.4) is 0 Å². The van der Waals surface area contributed by atoms with Crippen LogP contribution in [-0.2, 0) is 9.53 Å². The smallest absolute Gasteiger partial charge is 0.306 e. The van der Waals surface area contributed by atoms with Gasteiger partial charge in [0.1, 0.15) is 0 Å². The molecular weight excluding hydrogens is 192 g/mol. The maximum atomic E-state index is 11.0. The van der Waals surface area contributed by atoms with Crippen LogP contribution in [0.25, 0.3) is 0 Å². The Kier molecular flexibility index (Phi) is 5.05. The molecule has 15 heavy (non-hydrogen) atoms. The fourth-order valence-electron chi connectivity index (χ4n) is 2.15. The minimum atomic E-state index is -0.106. The van der Waals surface area contributed by atoms with Crippen molar-refractivity contribution in [2.45, 2.75) is 25.3 Å². The molecule has 4 nitrogen and oxygen atoms in total. The van der Waals surface area contributed by atoms with Gasteiger partial charge in [0.25, 0.3) is 0 Å². The van der Waals surface area contributed by atoms with Crippen molar-refractivity contribution < 1.29 is 9.53 Å². The van der Waals surface area contributed by atoms with E-state index >= 15 is 0 Å². The molecular formula is C11H22N2O2. The minimum absolute atomic E-state index is 0.106. The Balaban J connectivity index is 2.30. The van der Waals surface area contributed by atoms with Crippen LogP contribution in [0.1, 0.15) is 19.3 Å². The van der Waals surface area contributed by atoms with Crippen LogP contribution in [0.15, 0.2) is 0 Å². The van der Waals surface area contributed by atoms with Crippen LogP contribution in [-0.4, -0.2) is 62.7 Å². The summed E-state index contributed by atoms with van der Waals surface area (Å²) in [5, 5.41) is 0. The molecule has 1 heterocycles. The van der Waals surface area contributed by atoms with E-state index in [1.165, 1.54) is 20.0 Å². The van der Waals surface area contributed by atoms with Gasteiger partial charge in [-0.1, -0.05) is 0 Å². The fourth-order valence-corrected chi connectivity index (χ4v) is 2.15. The molecule has 1 aliphatic heterocycles. The fraction of sp³-hybridized carbons (Fsp3) is 0.909. The topological polar surface area (TPSA) is 32.8 Å². The van der Waals surface area contributed by atoms with E-state index in [-0.39, 0.29) is 5.97 Å². The van der Waals surface area contributed by atoms with Crippen molar-refractivity contribution in [1.29, 1.82) is 0 Å². The van der Waals surface area contributed by atoms with E-state index < -0.39 is 0 Å². The SMILES string of the molecule is COC(=O)CCN1CCCC1CN(C)C. The maximum absolute atomic E-state index is 11.0. The van der Waals surface area contributed by atoms with E-state index in [1.807, 2.05) is 0 Å². The number of ether oxygens (including phenoxy) is 1. The molecule has 1 rings (SSSR count). The number of likely N-dealkylation sites (tertiary alicyclic amines) is 1. The normalized spacial score (nSPS) is 22.3. The van der Waals surface area contributed by atoms with E-state index in [0.717, 1.165) is 19.6 Å². The summed E-state index contributed by atoms with van der Waals surface area (Å²) in [6, 6.07) is 0.615. The van der Waals surface area contributed by atoms with Crippen LogP contribution in [0.2, 0.25) is 0 Å². The molecule has 0 aromatic heterocycles. The van der Waals surface area contributed by atoms with Gasteiger partial charge in [0.05, 0.1) is 13.5 Å². The van der Waals surface area contributed by atoms with Crippen molar-refractivity contribution in [2.24, 2.45) is 0 Å². The summed E-state index contributed by atoms with van der Waals surface area (Å²) in [4.78, 5) is 15.6. The van der Waals surface area contributed by atoms with Gasteiger partial charge in [-0.15, -0.1) is 0 Å². The number of hydrogen-bond donors (Lipinski definition) is 0. The molecule has 1 fully saturated rings. The summed E-state index contributed by atoms with van der Waals surface area (Å²) in [6.45, 7) is 3.04. The van der Waals surface area contributed by atoms with Gasteiger partial charge in [-0.2, -0.15) is 0 Å². The lowest BCUT2D eigenvalue weighted by Crippen LogP contribution is -2.38. The molecule has 0 N–H and O–H groups in total. The highest BCUT2D eigenvalue weighted by Gasteiger charge is 2.24. The summed E-state index contributed by atoms with van der Waals surface area (Å²) in [6.07, 6.45) is 3.01. The summed E-state index contributed by atoms with van der Waals surface area (Å²) in [5.74, 6) is -0.106. The predicted molar refractivity (Wildman–Crippen MR) is 59.8 cm³/mol. The first-order chi connectivity index (χ1) is 7.13. The average Bonchev–Trinajstić information content (AvgIpc) is 2.61. The number of rotatable bonds is 5. The van der Waals surface area contributed by atoms with Crippen molar-refractivity contribution in [1.82, 2.24) is 9.80 Å². The molecule has 0 amide bonds. The van der Waals surface area contributed by atoms with Crippen LogP contribution >= 0.6 is 0 Å². The molecule has 0 saturated carbocycles. The second kappa shape index (κ2) is 6.08. The molecule has 1 unspecified atom stereocenters. The van der Waals surface area contributed by atoms with Crippen LogP contribution in [0, 0.1) is 0 Å². The Morgan fingerprint density at radius 3 is 2.87 bits per heavy atom. The first kappa shape index (κ1) is 12.5. The number of esters is 1. The maximum Gasteiger partial charge on any atom is 0.306 e. The monoisotopic (exact) mass is 214 g/mol. The Morgan fingerprint density at radius 1 is 1.53 bits per heavy atom. The van der Waals surface area contributed by atoms with Crippen molar-refractivity contribution in [3.8, 4) is 0 Å². The van der Waals surface area contributed by atoms with Crippen molar-refractivity contribution >= 4 is 5.97 Å². The second-order valence-corrected chi connectivity index (χ2v) is 4.42. The minimum Gasteiger partial charge on any atom is -0.469 e. The molecule has 0 aromatic carbocycles. The number of carbonyl (C=O) groups excluding carboxylic acids is 1. The van der Waals surface area contributed by atoms with E-state index in [2.05, 4.69) is 28.6 Å². The van der Waals surface area contributed by atoms with Gasteiger partial charge < -0.3 is 9.64 Å². The van der Waals surface area contributed by atoms with Gasteiger partial charge in [0.2, 0.25) is 0 Å². The third-order valence-corrected chi connectivity index (χ3v) is 2.91. The van der Waals surface area contributed by atoms with E-state index in [9.17, 15) is 4.79 Å². The number of hydrogen-bond acceptors (Lipinski definition) is 4. The Hall–Kier alpha value is -0.610. The average molecular weight is 214 g/mol. The lowest BCUT2D eigenvalue weighted by atomic mass is 10.2. The van der Waals surface area contributed by atoms with E-state index in [4.69, 9.17) is 0 Å². The zero-order valence-electron chi connectivity index (χ0n) is 10.0. The van der Waals surface area contributed by atoms with Crippen LogP contribution in [0.5, 0.6) is 0 Å². The predicted octanol–water partition coefficient (Wildman–Crippen LogP) is 0.575. The third kappa shape index (κ3) is 4.18. The Morgan fingerprint density at radius 2 is 2.27 bits per heavy atom. The first-order valence-electron chi connectivity index (χ1n) is 5.59. The highest BCUT2D eigenvalue weighted by Crippen LogP contribution is 2.17. The van der Waals surface area contributed by atoms with Crippen LogP contribution in [0.4, 0.5) is 0 Å². The molecule has 88 valence electrons. The quantitative estimate of drug-likeness (QED) is 0.627. The standard InChI is InChI=1S/C11H22N2O2/c1-12(2)9-10-5-4-7-13(10)8-6-11(14)15-3/h10H,4-9H2,1-3H3. The van der Waals surface area contributed by atoms with Gasteiger partial charge in [-0.05, 0) is 33.5 Å². The molecule has 0 spiro atoms. The van der Waals surface area contributed by atoms with E-state index in [1.54, 1.807) is 0 Å². The van der Waals surface area contributed by atoms with E-state index in [0.29, 0.717) is 12.5 Å². The lowest BCUT2D eigenvalue weighted by Gasteiger charge is -2.26. The highest BCUT2D eigenvalue weighted by molar-refractivity contribution is 5.69. The number of nitrogens with zero attached hydrogens (tertiary/aromatic N) is 2. The Bertz CT molecular complexity index is 207. The van der Waals surface area contributed by atoms with Gasteiger partial charge in [-0.3, -0.25) is 9.69 Å². The molecule has 0 bridgehead atoms. The van der Waals surface area contributed by atoms with Gasteiger partial charge >= 0.3 is 5.97 Å². The van der Waals surface area contributed by atoms with Crippen molar-refractivity contribution in [3.05, 3.63) is 0 Å². The molecule has 1 aliphatic rings. The summed E-state index contributed by atoms with van der Waals surface area (Å²) < 4.78 is 4.65. The van der Waals surface area contributed by atoms with Crippen molar-refractivity contribution in [2.75, 3.05) is 40.8 Å². The number of likely N-dealkylation sites (N-methyl/N-ethyl adjacent to an activating group) is 1.